The number of carbonyl (C=O) groups is 2. The van der Waals surface area contributed by atoms with Gasteiger partial charge in [0.15, 0.2) is 6.61 Å². The lowest BCUT2D eigenvalue weighted by molar-refractivity contribution is -0.139. The molecule has 1 aliphatic rings. The molecule has 3 aromatic carbocycles. The summed E-state index contributed by atoms with van der Waals surface area (Å²) in [5, 5.41) is 4.76. The molecule has 0 saturated carbocycles. The number of para-hydroxylation sites is 2. The van der Waals surface area contributed by atoms with Crippen molar-refractivity contribution in [2.75, 3.05) is 19.0 Å². The molecule has 1 N–H and O–H groups in total. The zero-order chi connectivity index (χ0) is 23.4. The van der Waals surface area contributed by atoms with E-state index in [-0.39, 0.29) is 30.5 Å². The number of likely N-dealkylation sites (tertiary alicyclic amines) is 1. The van der Waals surface area contributed by atoms with Gasteiger partial charge in [-0.25, -0.2) is 0 Å². The monoisotopic (exact) mass is 446 g/mol. The normalized spacial score (nSPS) is 18.1. The molecule has 172 valence electrons. The number of anilines is 1. The lowest BCUT2D eigenvalue weighted by Crippen LogP contribution is -2.49. The molecular formula is C27H30N2O4. The quantitative estimate of drug-likeness (QED) is 0.560. The van der Waals surface area contributed by atoms with E-state index in [4.69, 9.17) is 9.47 Å². The summed E-state index contributed by atoms with van der Waals surface area (Å²) in [6.45, 7) is 4.05. The largest absolute Gasteiger partial charge is 0.495 e. The number of benzene rings is 3. The molecule has 0 spiro atoms. The predicted octanol–water partition coefficient (Wildman–Crippen LogP) is 5.27. The molecule has 3 aromatic rings. The minimum atomic E-state index is -0.326. The van der Waals surface area contributed by atoms with Crippen LogP contribution >= 0.6 is 0 Å². The summed E-state index contributed by atoms with van der Waals surface area (Å²) in [5.41, 5.74) is 0.934. The van der Waals surface area contributed by atoms with E-state index in [0.717, 1.165) is 30.0 Å². The molecule has 1 aliphatic heterocycles. The van der Waals surface area contributed by atoms with Gasteiger partial charge in [-0.3, -0.25) is 9.59 Å². The number of ether oxygens (including phenoxy) is 2. The maximum atomic E-state index is 13.3. The van der Waals surface area contributed by atoms with Crippen LogP contribution in [0.5, 0.6) is 11.5 Å². The molecular weight excluding hydrogens is 416 g/mol. The van der Waals surface area contributed by atoms with E-state index in [1.54, 1.807) is 25.3 Å². The maximum Gasteiger partial charge on any atom is 0.260 e. The Hall–Kier alpha value is -3.54. The summed E-state index contributed by atoms with van der Waals surface area (Å²) in [6, 6.07) is 19.0. The Morgan fingerprint density at radius 1 is 0.939 bits per heavy atom. The summed E-state index contributed by atoms with van der Waals surface area (Å²) >= 11 is 0. The van der Waals surface area contributed by atoms with Crippen molar-refractivity contribution in [2.24, 2.45) is 0 Å². The summed E-state index contributed by atoms with van der Waals surface area (Å²) < 4.78 is 11.3. The van der Waals surface area contributed by atoms with Gasteiger partial charge < -0.3 is 19.7 Å². The van der Waals surface area contributed by atoms with Crippen molar-refractivity contribution in [3.8, 4) is 11.5 Å². The standard InChI is InChI=1S/C27H30N2O4/c1-18-9-8-10-19(2)29(18)26(30)17-33-25-16-21-12-5-4-11-20(21)15-22(25)27(31)28-23-13-6-7-14-24(23)32-3/h4-7,11-16,18-19H,8-10,17H2,1-3H3,(H,28,31). The highest BCUT2D eigenvalue weighted by atomic mass is 16.5. The van der Waals surface area contributed by atoms with Gasteiger partial charge in [0.2, 0.25) is 0 Å². The number of fused-ring (bicyclic) bond motifs is 1. The van der Waals surface area contributed by atoms with Crippen molar-refractivity contribution in [2.45, 2.75) is 45.2 Å². The minimum absolute atomic E-state index is 0.0565. The molecule has 0 aromatic heterocycles. The number of amides is 2. The van der Waals surface area contributed by atoms with Crippen LogP contribution in [0.1, 0.15) is 43.5 Å². The topological polar surface area (TPSA) is 67.9 Å². The van der Waals surface area contributed by atoms with Crippen molar-refractivity contribution in [1.82, 2.24) is 4.90 Å². The van der Waals surface area contributed by atoms with E-state index in [2.05, 4.69) is 19.2 Å². The van der Waals surface area contributed by atoms with Gasteiger partial charge in [-0.2, -0.15) is 0 Å². The van der Waals surface area contributed by atoms with Gasteiger partial charge in [0.05, 0.1) is 18.4 Å². The van der Waals surface area contributed by atoms with Gasteiger partial charge in [0, 0.05) is 12.1 Å². The van der Waals surface area contributed by atoms with E-state index in [9.17, 15) is 9.59 Å². The lowest BCUT2D eigenvalue weighted by atomic mass is 9.97. The third-order valence-electron chi connectivity index (χ3n) is 6.28. The number of methoxy groups -OCH3 is 1. The number of nitrogens with zero attached hydrogens (tertiary/aromatic N) is 1. The number of nitrogens with one attached hydrogen (secondary N) is 1. The van der Waals surface area contributed by atoms with Gasteiger partial charge in [-0.05, 0) is 68.1 Å². The molecule has 1 saturated heterocycles. The van der Waals surface area contributed by atoms with Crippen LogP contribution in [0.4, 0.5) is 5.69 Å². The fourth-order valence-electron chi connectivity index (χ4n) is 4.58. The molecule has 0 aliphatic carbocycles. The van der Waals surface area contributed by atoms with Gasteiger partial charge >= 0.3 is 0 Å². The Balaban J connectivity index is 1.60. The highest BCUT2D eigenvalue weighted by molar-refractivity contribution is 6.09. The molecule has 4 rings (SSSR count). The van der Waals surface area contributed by atoms with Crippen LogP contribution in [0.3, 0.4) is 0 Å². The fourth-order valence-corrected chi connectivity index (χ4v) is 4.58. The Morgan fingerprint density at radius 2 is 1.58 bits per heavy atom. The van der Waals surface area contributed by atoms with Crippen molar-refractivity contribution in [3.63, 3.8) is 0 Å². The minimum Gasteiger partial charge on any atom is -0.495 e. The Labute approximate surface area is 194 Å². The molecule has 2 amide bonds. The zero-order valence-corrected chi connectivity index (χ0v) is 19.3. The zero-order valence-electron chi connectivity index (χ0n) is 19.3. The summed E-state index contributed by atoms with van der Waals surface area (Å²) in [4.78, 5) is 28.2. The Kier molecular flexibility index (Phi) is 6.82. The van der Waals surface area contributed by atoms with Crippen LogP contribution < -0.4 is 14.8 Å². The van der Waals surface area contributed by atoms with Crippen LogP contribution in [0, 0.1) is 0 Å². The second-order valence-corrected chi connectivity index (χ2v) is 8.57. The van der Waals surface area contributed by atoms with E-state index >= 15 is 0 Å². The SMILES string of the molecule is COc1ccccc1NC(=O)c1cc2ccccc2cc1OCC(=O)N1C(C)CCCC1C. The van der Waals surface area contributed by atoms with Gasteiger partial charge in [-0.1, -0.05) is 36.4 Å². The van der Waals surface area contributed by atoms with Crippen molar-refractivity contribution in [1.29, 1.82) is 0 Å². The van der Waals surface area contributed by atoms with Gasteiger partial charge in [0.25, 0.3) is 11.8 Å². The lowest BCUT2D eigenvalue weighted by Gasteiger charge is -2.39. The molecule has 2 atom stereocenters. The average molecular weight is 447 g/mol. The first-order chi connectivity index (χ1) is 16.0. The third kappa shape index (κ3) is 4.95. The van der Waals surface area contributed by atoms with Crippen molar-refractivity contribution in [3.05, 3.63) is 66.2 Å². The first-order valence-corrected chi connectivity index (χ1v) is 11.4. The molecule has 2 unspecified atom stereocenters. The van der Waals surface area contributed by atoms with Crippen LogP contribution in [0.15, 0.2) is 60.7 Å². The molecule has 0 radical (unpaired) electrons. The van der Waals surface area contributed by atoms with Gasteiger partial charge in [0.1, 0.15) is 11.5 Å². The van der Waals surface area contributed by atoms with Crippen LogP contribution in [-0.4, -0.2) is 42.5 Å². The fraction of sp³-hybridized carbons (Fsp3) is 0.333. The number of hydrogen-bond acceptors (Lipinski definition) is 4. The van der Waals surface area contributed by atoms with Crippen LogP contribution in [-0.2, 0) is 4.79 Å². The number of hydrogen-bond donors (Lipinski definition) is 1. The Morgan fingerprint density at radius 3 is 2.27 bits per heavy atom. The van der Waals surface area contributed by atoms with E-state index in [1.807, 2.05) is 47.4 Å². The first-order valence-electron chi connectivity index (χ1n) is 11.4. The number of rotatable bonds is 6. The van der Waals surface area contributed by atoms with Crippen LogP contribution in [0.25, 0.3) is 10.8 Å². The number of piperidine rings is 1. The van der Waals surface area contributed by atoms with Gasteiger partial charge in [-0.15, -0.1) is 0 Å². The smallest absolute Gasteiger partial charge is 0.260 e. The highest BCUT2D eigenvalue weighted by Crippen LogP contribution is 2.30. The summed E-state index contributed by atoms with van der Waals surface area (Å²) in [6.07, 6.45) is 3.13. The second-order valence-electron chi connectivity index (χ2n) is 8.57. The molecule has 6 heteroatoms. The predicted molar refractivity (Wildman–Crippen MR) is 130 cm³/mol. The molecule has 1 heterocycles. The van der Waals surface area contributed by atoms with E-state index < -0.39 is 0 Å². The molecule has 1 fully saturated rings. The number of carbonyl (C=O) groups excluding carboxylic acids is 2. The molecule has 0 bridgehead atoms. The molecule has 33 heavy (non-hydrogen) atoms. The third-order valence-corrected chi connectivity index (χ3v) is 6.28. The summed E-state index contributed by atoms with van der Waals surface area (Å²) in [7, 11) is 1.56. The second kappa shape index (κ2) is 9.94. The van der Waals surface area contributed by atoms with E-state index in [0.29, 0.717) is 22.7 Å². The summed E-state index contributed by atoms with van der Waals surface area (Å²) in [5.74, 6) is 0.565. The van der Waals surface area contributed by atoms with Crippen LogP contribution in [0.2, 0.25) is 0 Å². The van der Waals surface area contributed by atoms with Crippen molar-refractivity contribution >= 4 is 28.3 Å². The molecule has 6 nitrogen and oxygen atoms in total. The highest BCUT2D eigenvalue weighted by Gasteiger charge is 2.29. The average Bonchev–Trinajstić information content (AvgIpc) is 2.82. The van der Waals surface area contributed by atoms with Crippen molar-refractivity contribution < 1.29 is 19.1 Å². The first kappa shape index (κ1) is 22.6. The maximum absolute atomic E-state index is 13.3. The Bertz CT molecular complexity index is 1150. The van der Waals surface area contributed by atoms with E-state index in [1.165, 1.54) is 0 Å².